The number of hydrogen-bond donors (Lipinski definition) is 3. The Morgan fingerprint density at radius 1 is 1.31 bits per heavy atom. The number of aliphatic carboxylic acids is 1. The Kier molecular flexibility index (Phi) is 3.90. The van der Waals surface area contributed by atoms with Crippen LogP contribution in [0.2, 0.25) is 0 Å². The van der Waals surface area contributed by atoms with Crippen LogP contribution in [0.4, 0.5) is 0 Å². The van der Waals surface area contributed by atoms with Crippen LogP contribution in [-0.2, 0) is 4.79 Å². The molecule has 0 saturated heterocycles. The van der Waals surface area contributed by atoms with Crippen LogP contribution in [0.3, 0.4) is 0 Å². The minimum atomic E-state index is -1.66. The van der Waals surface area contributed by atoms with Gasteiger partial charge in [0.05, 0.1) is 0 Å². The van der Waals surface area contributed by atoms with E-state index in [9.17, 15) is 4.79 Å². The van der Waals surface area contributed by atoms with E-state index in [0.717, 1.165) is 0 Å². The van der Waals surface area contributed by atoms with E-state index in [1.54, 1.807) is 12.1 Å². The maximum Gasteiger partial charge on any atom is 0.337 e. The Labute approximate surface area is 74.2 Å². The Morgan fingerprint density at radius 2 is 1.85 bits per heavy atom. The first-order chi connectivity index (χ1) is 5.63. The van der Waals surface area contributed by atoms with Crippen molar-refractivity contribution >= 4 is 5.97 Å². The van der Waals surface area contributed by atoms with Gasteiger partial charge >= 0.3 is 5.97 Å². The molecule has 0 saturated carbocycles. The van der Waals surface area contributed by atoms with E-state index in [1.807, 2.05) is 0 Å². The fraction of sp³-hybridized carbons (Fsp3) is 0.125. The van der Waals surface area contributed by atoms with Crippen molar-refractivity contribution in [1.82, 2.24) is 0 Å². The van der Waals surface area contributed by atoms with E-state index in [4.69, 9.17) is 15.3 Å². The van der Waals surface area contributed by atoms with Gasteiger partial charge in [-0.05, 0) is 6.07 Å². The quantitative estimate of drug-likeness (QED) is 0.588. The summed E-state index contributed by atoms with van der Waals surface area (Å²) in [7, 11) is 0. The summed E-state index contributed by atoms with van der Waals surface area (Å²) in [6.07, 6.45) is -1.66. The van der Waals surface area contributed by atoms with Gasteiger partial charge in [-0.1, -0.05) is 18.2 Å². The van der Waals surface area contributed by atoms with Crippen molar-refractivity contribution in [2.24, 2.45) is 0 Å². The van der Waals surface area contributed by atoms with Crippen LogP contribution in [-0.4, -0.2) is 26.8 Å². The molecule has 0 amide bonds. The number of aliphatic hydroxyl groups excluding tert-OH is 1. The van der Waals surface area contributed by atoms with Crippen molar-refractivity contribution in [3.63, 3.8) is 0 Å². The summed E-state index contributed by atoms with van der Waals surface area (Å²) in [5.74, 6) is -1.59. The smallest absolute Gasteiger partial charge is 0.337 e. The summed E-state index contributed by atoms with van der Waals surface area (Å²) >= 11 is 0. The highest BCUT2D eigenvalue weighted by Crippen LogP contribution is 2.23. The molecule has 0 aliphatic carbocycles. The van der Waals surface area contributed by atoms with Gasteiger partial charge in [-0.3, -0.25) is 0 Å². The van der Waals surface area contributed by atoms with Gasteiger partial charge in [-0.25, -0.2) is 4.79 Å². The van der Waals surface area contributed by atoms with E-state index in [1.165, 1.54) is 12.1 Å². The molecule has 1 aromatic rings. The number of carboxylic acid groups (broad SMARTS) is 1. The first-order valence-corrected chi connectivity index (χ1v) is 3.31. The molecule has 1 atom stereocenters. The standard InChI is InChI=1S/C8H8O4.H2O/c9-6-4-2-1-3-5(6)7(10)8(11)12;/h1-4,7,9-10H,(H,11,12);1H2. The van der Waals surface area contributed by atoms with Crippen molar-refractivity contribution in [3.05, 3.63) is 29.8 Å². The average Bonchev–Trinajstić information content (AvgIpc) is 2.04. The Bertz CT molecular complexity index is 296. The van der Waals surface area contributed by atoms with Crippen molar-refractivity contribution in [2.45, 2.75) is 6.10 Å². The highest BCUT2D eigenvalue weighted by molar-refractivity contribution is 5.75. The summed E-state index contributed by atoms with van der Waals surface area (Å²) < 4.78 is 0. The molecular formula is C8H10O5. The molecule has 1 rings (SSSR count). The lowest BCUT2D eigenvalue weighted by Crippen LogP contribution is -2.10. The highest BCUT2D eigenvalue weighted by atomic mass is 16.4. The number of aliphatic hydroxyl groups is 1. The summed E-state index contributed by atoms with van der Waals surface area (Å²) in [4.78, 5) is 10.3. The van der Waals surface area contributed by atoms with Crippen molar-refractivity contribution in [3.8, 4) is 5.75 Å². The van der Waals surface area contributed by atoms with Crippen LogP contribution >= 0.6 is 0 Å². The molecule has 0 radical (unpaired) electrons. The van der Waals surface area contributed by atoms with Crippen molar-refractivity contribution in [2.75, 3.05) is 0 Å². The number of carboxylic acids is 1. The van der Waals surface area contributed by atoms with Gasteiger partial charge in [-0.2, -0.15) is 0 Å². The number of phenolic OH excluding ortho intramolecular Hbond substituents is 1. The first-order valence-electron chi connectivity index (χ1n) is 3.31. The Hall–Kier alpha value is -1.59. The highest BCUT2D eigenvalue weighted by Gasteiger charge is 2.18. The monoisotopic (exact) mass is 186 g/mol. The molecule has 13 heavy (non-hydrogen) atoms. The number of phenols is 1. The van der Waals surface area contributed by atoms with Gasteiger partial charge in [-0.15, -0.1) is 0 Å². The van der Waals surface area contributed by atoms with Crippen molar-refractivity contribution < 1.29 is 25.6 Å². The SMILES string of the molecule is O.O=C(O)C(O)c1ccccc1O. The van der Waals surface area contributed by atoms with Crippen LogP contribution in [0.25, 0.3) is 0 Å². The predicted octanol–water partition coefficient (Wildman–Crippen LogP) is -0.314. The zero-order valence-electron chi connectivity index (χ0n) is 6.64. The number of hydrogen-bond acceptors (Lipinski definition) is 3. The third-order valence-electron chi connectivity index (χ3n) is 1.47. The molecule has 0 fully saturated rings. The summed E-state index contributed by atoms with van der Waals surface area (Å²) in [5.41, 5.74) is 0.00463. The molecule has 1 unspecified atom stereocenters. The van der Waals surface area contributed by atoms with Gasteiger partial charge in [0.25, 0.3) is 0 Å². The minimum absolute atomic E-state index is 0. The third kappa shape index (κ3) is 2.43. The maximum atomic E-state index is 10.3. The average molecular weight is 186 g/mol. The number of benzene rings is 1. The lowest BCUT2D eigenvalue weighted by atomic mass is 10.1. The van der Waals surface area contributed by atoms with Crippen LogP contribution in [0.5, 0.6) is 5.75 Å². The fourth-order valence-corrected chi connectivity index (χ4v) is 0.852. The number of aromatic hydroxyl groups is 1. The molecular weight excluding hydrogens is 176 g/mol. The molecule has 5 nitrogen and oxygen atoms in total. The zero-order valence-corrected chi connectivity index (χ0v) is 6.64. The van der Waals surface area contributed by atoms with E-state index >= 15 is 0 Å². The normalized spacial score (nSPS) is 11.5. The van der Waals surface area contributed by atoms with E-state index in [-0.39, 0.29) is 16.8 Å². The van der Waals surface area contributed by atoms with Gasteiger partial charge < -0.3 is 20.8 Å². The summed E-state index contributed by atoms with van der Waals surface area (Å²) in [6.45, 7) is 0. The lowest BCUT2D eigenvalue weighted by Gasteiger charge is -2.06. The lowest BCUT2D eigenvalue weighted by molar-refractivity contribution is -0.147. The second kappa shape index (κ2) is 4.44. The van der Waals surface area contributed by atoms with Gasteiger partial charge in [0.2, 0.25) is 0 Å². The van der Waals surface area contributed by atoms with Gasteiger partial charge in [0, 0.05) is 5.56 Å². The number of para-hydroxylation sites is 1. The summed E-state index contributed by atoms with van der Waals surface area (Å²) in [6, 6.07) is 5.77. The molecule has 72 valence electrons. The molecule has 0 heterocycles. The number of rotatable bonds is 2. The van der Waals surface area contributed by atoms with Gasteiger partial charge in [0.1, 0.15) is 5.75 Å². The molecule has 0 spiro atoms. The molecule has 0 bridgehead atoms. The molecule has 1 aromatic carbocycles. The Morgan fingerprint density at radius 3 is 2.31 bits per heavy atom. The van der Waals surface area contributed by atoms with Gasteiger partial charge in [0.15, 0.2) is 6.10 Å². The van der Waals surface area contributed by atoms with Crippen LogP contribution < -0.4 is 0 Å². The Balaban J connectivity index is 0.00000144. The fourth-order valence-electron chi connectivity index (χ4n) is 0.852. The molecule has 0 aliphatic rings. The second-order valence-electron chi connectivity index (χ2n) is 2.30. The second-order valence-corrected chi connectivity index (χ2v) is 2.30. The minimum Gasteiger partial charge on any atom is -0.508 e. The zero-order chi connectivity index (χ0) is 9.14. The van der Waals surface area contributed by atoms with Crippen LogP contribution in [0, 0.1) is 0 Å². The topological polar surface area (TPSA) is 109 Å². The van der Waals surface area contributed by atoms with Crippen molar-refractivity contribution in [1.29, 1.82) is 0 Å². The first kappa shape index (κ1) is 11.4. The van der Waals surface area contributed by atoms with Crippen LogP contribution in [0.1, 0.15) is 11.7 Å². The summed E-state index contributed by atoms with van der Waals surface area (Å²) in [5, 5.41) is 26.5. The van der Waals surface area contributed by atoms with Crippen LogP contribution in [0.15, 0.2) is 24.3 Å². The van der Waals surface area contributed by atoms with E-state index in [2.05, 4.69) is 0 Å². The number of carbonyl (C=O) groups is 1. The molecule has 0 aliphatic heterocycles. The maximum absolute atomic E-state index is 10.3. The van der Waals surface area contributed by atoms with E-state index in [0.29, 0.717) is 0 Å². The predicted molar refractivity (Wildman–Crippen MR) is 44.3 cm³/mol. The molecule has 5 N–H and O–H groups in total. The molecule has 5 heteroatoms. The largest absolute Gasteiger partial charge is 0.508 e. The third-order valence-corrected chi connectivity index (χ3v) is 1.47. The molecule has 0 aromatic heterocycles. The van der Waals surface area contributed by atoms with E-state index < -0.39 is 12.1 Å².